The number of nitrogens with zero attached hydrogens (tertiary/aromatic N) is 2. The van der Waals surface area contributed by atoms with Gasteiger partial charge < -0.3 is 4.74 Å². The number of fused-ring (bicyclic) bond motifs is 1. The molecular weight excluding hydrogens is 380 g/mol. The zero-order chi connectivity index (χ0) is 20.2. The molecule has 0 unspecified atom stereocenters. The Morgan fingerprint density at radius 3 is 2.83 bits per heavy atom. The van der Waals surface area contributed by atoms with Gasteiger partial charge in [-0.1, -0.05) is 71.9 Å². The third kappa shape index (κ3) is 4.15. The Kier molecular flexibility index (Phi) is 5.86. The number of hydrogen-bond donors (Lipinski definition) is 0. The summed E-state index contributed by atoms with van der Waals surface area (Å²) >= 11 is 1.62. The van der Waals surface area contributed by atoms with E-state index in [4.69, 9.17) is 4.74 Å². The first kappa shape index (κ1) is 19.5. The maximum Gasteiger partial charge on any atom is 0.264 e. The Labute approximate surface area is 175 Å². The lowest BCUT2D eigenvalue weighted by Gasteiger charge is -2.21. The highest BCUT2D eigenvalue weighted by molar-refractivity contribution is 8.13. The van der Waals surface area contributed by atoms with Gasteiger partial charge >= 0.3 is 0 Å². The second-order valence-corrected chi connectivity index (χ2v) is 7.93. The summed E-state index contributed by atoms with van der Waals surface area (Å²) in [4.78, 5) is 20.0. The quantitative estimate of drug-likeness (QED) is 0.580. The third-order valence-corrected chi connectivity index (χ3v) is 5.99. The van der Waals surface area contributed by atoms with Gasteiger partial charge in [0.25, 0.3) is 5.91 Å². The number of rotatable bonds is 5. The van der Waals surface area contributed by atoms with Crippen LogP contribution in [0.3, 0.4) is 0 Å². The van der Waals surface area contributed by atoms with Crippen LogP contribution in [0.15, 0.2) is 65.7 Å². The summed E-state index contributed by atoms with van der Waals surface area (Å²) in [6.45, 7) is 5.78. The molecule has 0 saturated heterocycles. The van der Waals surface area contributed by atoms with E-state index in [1.54, 1.807) is 16.7 Å². The molecule has 4 rings (SSSR count). The van der Waals surface area contributed by atoms with Crippen molar-refractivity contribution in [1.82, 2.24) is 4.90 Å². The highest BCUT2D eigenvalue weighted by atomic mass is 32.2. The van der Waals surface area contributed by atoms with E-state index in [1.807, 2.05) is 43.3 Å². The zero-order valence-electron chi connectivity index (χ0n) is 16.7. The topological polar surface area (TPSA) is 41.9 Å². The highest BCUT2D eigenvalue weighted by Crippen LogP contribution is 2.31. The number of benzene rings is 3. The van der Waals surface area contributed by atoms with E-state index in [1.165, 1.54) is 11.1 Å². The molecule has 3 aromatic rings. The number of thioether (sulfide) groups is 1. The highest BCUT2D eigenvalue weighted by Gasteiger charge is 2.28. The fourth-order valence-electron chi connectivity index (χ4n) is 3.57. The van der Waals surface area contributed by atoms with Gasteiger partial charge in [0.15, 0.2) is 5.17 Å². The minimum absolute atomic E-state index is 0.0433. The van der Waals surface area contributed by atoms with Crippen molar-refractivity contribution in [2.45, 2.75) is 19.6 Å². The van der Waals surface area contributed by atoms with Crippen LogP contribution in [0.4, 0.5) is 0 Å². The maximum absolute atomic E-state index is 13.6. The lowest BCUT2D eigenvalue weighted by Crippen LogP contribution is -2.33. The van der Waals surface area contributed by atoms with Crippen LogP contribution in [0.1, 0.15) is 28.4 Å². The molecule has 0 atom stereocenters. The summed E-state index contributed by atoms with van der Waals surface area (Å²) in [5.41, 5.74) is 3.09. The van der Waals surface area contributed by atoms with E-state index < -0.39 is 0 Å². The predicted molar refractivity (Wildman–Crippen MR) is 121 cm³/mol. The summed E-state index contributed by atoms with van der Waals surface area (Å²) in [6, 6.07) is 20.3. The molecule has 0 aliphatic carbocycles. The van der Waals surface area contributed by atoms with Crippen LogP contribution in [0, 0.1) is 6.92 Å². The molecule has 0 saturated carbocycles. The number of hydrogen-bond acceptors (Lipinski definition) is 4. The van der Waals surface area contributed by atoms with Crippen LogP contribution in [0.5, 0.6) is 5.75 Å². The molecule has 4 nitrogen and oxygen atoms in total. The SMILES string of the molecule is CCOc1ccc2ccccc2c1C(=O)N1CCN=C1SCc1cccc(C)c1. The van der Waals surface area contributed by atoms with E-state index >= 15 is 0 Å². The number of aryl methyl sites for hydroxylation is 1. The fraction of sp³-hybridized carbons (Fsp3) is 0.250. The molecule has 5 heteroatoms. The van der Waals surface area contributed by atoms with Crippen molar-refractivity contribution in [3.05, 3.63) is 77.4 Å². The molecule has 1 aliphatic heterocycles. The molecule has 1 heterocycles. The molecule has 0 aromatic heterocycles. The number of amidine groups is 1. The Morgan fingerprint density at radius 1 is 1.14 bits per heavy atom. The van der Waals surface area contributed by atoms with Gasteiger partial charge in [0.05, 0.1) is 18.7 Å². The average Bonchev–Trinajstić information content (AvgIpc) is 3.20. The van der Waals surface area contributed by atoms with Crippen molar-refractivity contribution >= 4 is 33.6 Å². The normalized spacial score (nSPS) is 13.6. The summed E-state index contributed by atoms with van der Waals surface area (Å²) in [7, 11) is 0. The first-order chi connectivity index (χ1) is 14.2. The van der Waals surface area contributed by atoms with Crippen LogP contribution < -0.4 is 4.74 Å². The van der Waals surface area contributed by atoms with Crippen molar-refractivity contribution in [3.63, 3.8) is 0 Å². The van der Waals surface area contributed by atoms with Gasteiger partial charge in [0.2, 0.25) is 0 Å². The molecule has 1 aliphatic rings. The number of aliphatic imine (C=N–C) groups is 1. The van der Waals surface area contributed by atoms with E-state index in [9.17, 15) is 4.79 Å². The lowest BCUT2D eigenvalue weighted by atomic mass is 10.0. The van der Waals surface area contributed by atoms with E-state index in [0.717, 1.165) is 21.7 Å². The van der Waals surface area contributed by atoms with Gasteiger partial charge in [0, 0.05) is 12.3 Å². The zero-order valence-corrected chi connectivity index (χ0v) is 17.5. The summed E-state index contributed by atoms with van der Waals surface area (Å²) in [5, 5.41) is 2.73. The first-order valence-corrected chi connectivity index (χ1v) is 10.8. The summed E-state index contributed by atoms with van der Waals surface area (Å²) in [6.07, 6.45) is 0. The maximum atomic E-state index is 13.6. The Hall–Kier alpha value is -2.79. The van der Waals surface area contributed by atoms with E-state index in [2.05, 4.69) is 36.2 Å². The van der Waals surface area contributed by atoms with Gasteiger partial charge in [-0.25, -0.2) is 0 Å². The van der Waals surface area contributed by atoms with Crippen LogP contribution in [0.25, 0.3) is 10.8 Å². The van der Waals surface area contributed by atoms with Gasteiger partial charge in [-0.15, -0.1) is 0 Å². The monoisotopic (exact) mass is 404 g/mol. The fourth-order valence-corrected chi connectivity index (χ4v) is 4.56. The molecule has 1 amide bonds. The van der Waals surface area contributed by atoms with Crippen LogP contribution in [-0.2, 0) is 5.75 Å². The van der Waals surface area contributed by atoms with Gasteiger partial charge in [0.1, 0.15) is 5.75 Å². The molecule has 148 valence electrons. The van der Waals surface area contributed by atoms with Crippen LogP contribution >= 0.6 is 11.8 Å². The third-order valence-electron chi connectivity index (χ3n) is 4.90. The molecular formula is C24H24N2O2S. The average molecular weight is 405 g/mol. The van der Waals surface area contributed by atoms with Gasteiger partial charge in [-0.2, -0.15) is 0 Å². The van der Waals surface area contributed by atoms with E-state index in [-0.39, 0.29) is 5.91 Å². The van der Waals surface area contributed by atoms with Crippen molar-refractivity contribution in [3.8, 4) is 5.75 Å². The molecule has 0 N–H and O–H groups in total. The van der Waals surface area contributed by atoms with Crippen molar-refractivity contribution < 1.29 is 9.53 Å². The number of carbonyl (C=O) groups is 1. The first-order valence-electron chi connectivity index (χ1n) is 9.86. The number of ether oxygens (including phenoxy) is 1. The largest absolute Gasteiger partial charge is 0.493 e. The molecule has 0 fully saturated rings. The van der Waals surface area contributed by atoms with Crippen molar-refractivity contribution in [2.75, 3.05) is 19.7 Å². The molecule has 29 heavy (non-hydrogen) atoms. The summed E-state index contributed by atoms with van der Waals surface area (Å²) in [5.74, 6) is 1.38. The Balaban J connectivity index is 1.62. The molecule has 0 spiro atoms. The molecule has 3 aromatic carbocycles. The van der Waals surface area contributed by atoms with Crippen LogP contribution in [-0.4, -0.2) is 35.7 Å². The minimum atomic E-state index is -0.0433. The molecule has 0 bridgehead atoms. The number of carbonyl (C=O) groups excluding carboxylic acids is 1. The van der Waals surface area contributed by atoms with Crippen LogP contribution in [0.2, 0.25) is 0 Å². The smallest absolute Gasteiger partial charge is 0.264 e. The second kappa shape index (κ2) is 8.70. The lowest BCUT2D eigenvalue weighted by molar-refractivity contribution is 0.0858. The minimum Gasteiger partial charge on any atom is -0.493 e. The number of amides is 1. The van der Waals surface area contributed by atoms with Gasteiger partial charge in [-0.05, 0) is 36.2 Å². The van der Waals surface area contributed by atoms with Crippen molar-refractivity contribution in [2.24, 2.45) is 4.99 Å². The van der Waals surface area contributed by atoms with E-state index in [0.29, 0.717) is 31.0 Å². The standard InChI is InChI=1S/C24H24N2O2S/c1-3-28-21-12-11-19-9-4-5-10-20(19)22(21)23(27)26-14-13-25-24(26)29-16-18-8-6-7-17(2)15-18/h4-12,15H,3,13-14,16H2,1-2H3. The van der Waals surface area contributed by atoms with Gasteiger partial charge in [-0.3, -0.25) is 14.7 Å². The summed E-state index contributed by atoms with van der Waals surface area (Å²) < 4.78 is 5.81. The second-order valence-electron chi connectivity index (χ2n) is 6.99. The Morgan fingerprint density at radius 2 is 2.00 bits per heavy atom. The molecule has 0 radical (unpaired) electrons. The predicted octanol–water partition coefficient (Wildman–Crippen LogP) is 5.29. The van der Waals surface area contributed by atoms with Crippen molar-refractivity contribution in [1.29, 1.82) is 0 Å². The Bertz CT molecular complexity index is 1080.